The third-order valence-corrected chi connectivity index (χ3v) is 11.0. The Bertz CT molecular complexity index is 648. The molecule has 1 aliphatic heterocycles. The van der Waals surface area contributed by atoms with Crippen LogP contribution in [0.5, 0.6) is 0 Å². The lowest BCUT2D eigenvalue weighted by atomic mass is 9.83. The van der Waals surface area contributed by atoms with Crippen LogP contribution >= 0.6 is 0 Å². The Hall–Kier alpha value is -1.13. The van der Waals surface area contributed by atoms with Gasteiger partial charge in [-0.1, -0.05) is 39.3 Å². The van der Waals surface area contributed by atoms with E-state index in [0.717, 1.165) is 38.0 Å². The van der Waals surface area contributed by atoms with Gasteiger partial charge in [0.15, 0.2) is 8.32 Å². The summed E-state index contributed by atoms with van der Waals surface area (Å²) in [5.41, 5.74) is 3.70. The Labute approximate surface area is 153 Å². The SMILES string of the molecule is CC(C)(C)[Si](C)(C)OCCCc1ccc2c(c1)NC(=O)C1CCCC21. The maximum atomic E-state index is 12.3. The summed E-state index contributed by atoms with van der Waals surface area (Å²) in [5.74, 6) is 0.879. The van der Waals surface area contributed by atoms with Crippen LogP contribution in [0.4, 0.5) is 5.69 Å². The normalized spacial score (nSPS) is 23.2. The Kier molecular flexibility index (Phi) is 5.13. The minimum atomic E-state index is -1.65. The van der Waals surface area contributed by atoms with Crippen LogP contribution in [0.1, 0.15) is 63.5 Å². The van der Waals surface area contributed by atoms with Crippen LogP contribution in [0.25, 0.3) is 0 Å². The highest BCUT2D eigenvalue weighted by Gasteiger charge is 2.39. The van der Waals surface area contributed by atoms with Crippen molar-refractivity contribution in [3.8, 4) is 0 Å². The summed E-state index contributed by atoms with van der Waals surface area (Å²) in [4.78, 5) is 12.3. The number of hydrogen-bond acceptors (Lipinski definition) is 2. The van der Waals surface area contributed by atoms with Crippen molar-refractivity contribution in [2.75, 3.05) is 11.9 Å². The van der Waals surface area contributed by atoms with Crippen LogP contribution in [0.3, 0.4) is 0 Å². The van der Waals surface area contributed by atoms with E-state index >= 15 is 0 Å². The number of nitrogens with one attached hydrogen (secondary N) is 1. The maximum Gasteiger partial charge on any atom is 0.228 e. The lowest BCUT2D eigenvalue weighted by molar-refractivity contribution is -0.120. The molecule has 1 aromatic rings. The van der Waals surface area contributed by atoms with Crippen molar-refractivity contribution in [2.45, 2.75) is 76.9 Å². The fraction of sp³-hybridized carbons (Fsp3) is 0.667. The molecule has 1 N–H and O–H groups in total. The van der Waals surface area contributed by atoms with E-state index in [1.807, 2.05) is 0 Å². The second-order valence-electron chi connectivity index (χ2n) is 9.27. The van der Waals surface area contributed by atoms with Gasteiger partial charge in [-0.3, -0.25) is 4.79 Å². The number of amides is 1. The summed E-state index contributed by atoms with van der Waals surface area (Å²) in [6.45, 7) is 12.3. The Morgan fingerprint density at radius 1 is 1.20 bits per heavy atom. The smallest absolute Gasteiger partial charge is 0.228 e. The lowest BCUT2D eigenvalue weighted by Gasteiger charge is -2.36. The molecule has 1 amide bonds. The van der Waals surface area contributed by atoms with Gasteiger partial charge in [0, 0.05) is 18.2 Å². The van der Waals surface area contributed by atoms with Gasteiger partial charge in [0.25, 0.3) is 0 Å². The molecule has 25 heavy (non-hydrogen) atoms. The summed E-state index contributed by atoms with van der Waals surface area (Å²) in [6.07, 6.45) is 5.42. The van der Waals surface area contributed by atoms with Crippen molar-refractivity contribution in [3.05, 3.63) is 29.3 Å². The van der Waals surface area contributed by atoms with Gasteiger partial charge in [0.05, 0.1) is 0 Å². The molecule has 1 aliphatic carbocycles. The second-order valence-corrected chi connectivity index (χ2v) is 14.1. The Balaban J connectivity index is 1.59. The van der Waals surface area contributed by atoms with Crippen molar-refractivity contribution in [3.63, 3.8) is 0 Å². The molecule has 1 aromatic carbocycles. The van der Waals surface area contributed by atoms with Crippen LogP contribution in [-0.2, 0) is 15.6 Å². The monoisotopic (exact) mass is 359 g/mol. The van der Waals surface area contributed by atoms with Crippen molar-refractivity contribution >= 4 is 19.9 Å². The molecule has 1 saturated carbocycles. The highest BCUT2D eigenvalue weighted by molar-refractivity contribution is 6.74. The van der Waals surface area contributed by atoms with Gasteiger partial charge < -0.3 is 9.74 Å². The summed E-state index contributed by atoms with van der Waals surface area (Å²) < 4.78 is 6.27. The zero-order valence-electron chi connectivity index (χ0n) is 16.4. The number of anilines is 1. The van der Waals surface area contributed by atoms with Crippen LogP contribution in [-0.4, -0.2) is 20.8 Å². The van der Waals surface area contributed by atoms with Gasteiger partial charge in [-0.2, -0.15) is 0 Å². The van der Waals surface area contributed by atoms with E-state index in [1.165, 1.54) is 17.5 Å². The molecule has 2 unspecified atom stereocenters. The molecule has 1 fully saturated rings. The fourth-order valence-electron chi connectivity index (χ4n) is 3.88. The van der Waals surface area contributed by atoms with Crippen molar-refractivity contribution < 1.29 is 9.22 Å². The Morgan fingerprint density at radius 2 is 1.92 bits per heavy atom. The van der Waals surface area contributed by atoms with E-state index in [4.69, 9.17) is 4.43 Å². The molecular weight excluding hydrogens is 326 g/mol. The van der Waals surface area contributed by atoms with E-state index in [2.05, 4.69) is 57.4 Å². The zero-order valence-corrected chi connectivity index (χ0v) is 17.4. The number of aryl methyl sites for hydroxylation is 1. The molecule has 0 bridgehead atoms. The van der Waals surface area contributed by atoms with Crippen molar-refractivity contribution in [2.24, 2.45) is 5.92 Å². The van der Waals surface area contributed by atoms with E-state index in [-0.39, 0.29) is 16.9 Å². The Morgan fingerprint density at radius 3 is 2.64 bits per heavy atom. The first kappa shape index (κ1) is 18.7. The minimum absolute atomic E-state index is 0.205. The summed E-state index contributed by atoms with van der Waals surface area (Å²) in [5, 5.41) is 3.41. The molecule has 2 aliphatic rings. The van der Waals surface area contributed by atoms with E-state index in [9.17, 15) is 4.79 Å². The van der Waals surface area contributed by atoms with Crippen LogP contribution in [0.2, 0.25) is 18.1 Å². The fourth-order valence-corrected chi connectivity index (χ4v) is 4.97. The minimum Gasteiger partial charge on any atom is -0.417 e. The van der Waals surface area contributed by atoms with Gasteiger partial charge in [-0.15, -0.1) is 0 Å². The topological polar surface area (TPSA) is 38.3 Å². The number of benzene rings is 1. The third-order valence-electron chi connectivity index (χ3n) is 6.51. The standard InChI is InChI=1S/C21H33NO2Si/c1-21(2,3)25(4,5)24-13-7-8-15-11-12-17-16-9-6-10-18(16)20(23)22-19(17)14-15/h11-12,14,16,18H,6-10,13H2,1-5H3,(H,22,23). The average Bonchev–Trinajstić information content (AvgIpc) is 3.01. The summed E-state index contributed by atoms with van der Waals surface area (Å²) in [6, 6.07) is 6.69. The highest BCUT2D eigenvalue weighted by Crippen LogP contribution is 2.46. The molecule has 0 spiro atoms. The van der Waals surface area contributed by atoms with Crippen molar-refractivity contribution in [1.29, 1.82) is 0 Å². The number of fused-ring (bicyclic) bond motifs is 3. The van der Waals surface area contributed by atoms with Gasteiger partial charge in [-0.05, 0) is 66.9 Å². The van der Waals surface area contributed by atoms with Gasteiger partial charge in [0.2, 0.25) is 5.91 Å². The first-order chi connectivity index (χ1) is 11.7. The van der Waals surface area contributed by atoms with Crippen LogP contribution < -0.4 is 5.32 Å². The van der Waals surface area contributed by atoms with E-state index in [0.29, 0.717) is 5.92 Å². The number of carbonyl (C=O) groups is 1. The molecular formula is C21H33NO2Si. The molecule has 1 heterocycles. The van der Waals surface area contributed by atoms with E-state index < -0.39 is 8.32 Å². The van der Waals surface area contributed by atoms with Crippen molar-refractivity contribution in [1.82, 2.24) is 0 Å². The molecule has 3 rings (SSSR count). The quantitative estimate of drug-likeness (QED) is 0.558. The predicted molar refractivity (Wildman–Crippen MR) is 107 cm³/mol. The average molecular weight is 360 g/mol. The zero-order chi connectivity index (χ0) is 18.2. The lowest BCUT2D eigenvalue weighted by Crippen LogP contribution is -2.41. The number of hydrogen-bond donors (Lipinski definition) is 1. The summed E-state index contributed by atoms with van der Waals surface area (Å²) in [7, 11) is -1.65. The van der Waals surface area contributed by atoms with Gasteiger partial charge >= 0.3 is 0 Å². The first-order valence-corrected chi connectivity index (χ1v) is 12.7. The van der Waals surface area contributed by atoms with E-state index in [1.54, 1.807) is 0 Å². The molecule has 4 heteroatoms. The molecule has 0 saturated heterocycles. The second kappa shape index (κ2) is 6.88. The molecule has 0 aromatic heterocycles. The molecule has 0 radical (unpaired) electrons. The maximum absolute atomic E-state index is 12.3. The third kappa shape index (κ3) is 3.85. The number of rotatable bonds is 5. The highest BCUT2D eigenvalue weighted by atomic mass is 28.4. The van der Waals surface area contributed by atoms with Crippen LogP contribution in [0.15, 0.2) is 18.2 Å². The van der Waals surface area contributed by atoms with Gasteiger partial charge in [0.1, 0.15) is 0 Å². The summed E-state index contributed by atoms with van der Waals surface area (Å²) >= 11 is 0. The largest absolute Gasteiger partial charge is 0.417 e. The molecule has 3 nitrogen and oxygen atoms in total. The first-order valence-electron chi connectivity index (χ1n) is 9.77. The predicted octanol–water partition coefficient (Wildman–Crippen LogP) is 5.48. The van der Waals surface area contributed by atoms with Gasteiger partial charge in [-0.25, -0.2) is 0 Å². The van der Waals surface area contributed by atoms with Crippen LogP contribution in [0, 0.1) is 5.92 Å². The molecule has 138 valence electrons. The number of carbonyl (C=O) groups excluding carboxylic acids is 1. The molecule has 2 atom stereocenters.